The second-order valence-corrected chi connectivity index (χ2v) is 4.90. The Morgan fingerprint density at radius 2 is 2.11 bits per heavy atom. The molecule has 0 radical (unpaired) electrons. The first-order valence-corrected chi connectivity index (χ1v) is 6.36. The number of aliphatic hydroxyl groups excluding tert-OH is 1. The first-order valence-electron chi connectivity index (χ1n) is 6.36. The summed E-state index contributed by atoms with van der Waals surface area (Å²) in [5, 5.41) is 21.9. The van der Waals surface area contributed by atoms with E-state index in [9.17, 15) is 9.90 Å². The van der Waals surface area contributed by atoms with E-state index in [1.54, 1.807) is 7.11 Å². The molecular formula is C14H19NO4. The molecule has 1 fully saturated rings. The van der Waals surface area contributed by atoms with Gasteiger partial charge in [-0.15, -0.1) is 0 Å². The van der Waals surface area contributed by atoms with Crippen molar-refractivity contribution in [1.82, 2.24) is 5.32 Å². The minimum atomic E-state index is -0.868. The number of nitrogens with one attached hydrogen (secondary N) is 1. The fourth-order valence-electron chi connectivity index (χ4n) is 2.56. The number of ether oxygens (including phenoxy) is 1. The molecule has 0 aromatic heterocycles. The summed E-state index contributed by atoms with van der Waals surface area (Å²) in [5.41, 5.74) is 1.10. The molecule has 0 unspecified atom stereocenters. The molecule has 1 aliphatic rings. The van der Waals surface area contributed by atoms with Gasteiger partial charge in [0, 0.05) is 18.5 Å². The zero-order valence-electron chi connectivity index (χ0n) is 10.9. The summed E-state index contributed by atoms with van der Waals surface area (Å²) in [6.45, 7) is 0.457. The number of benzene rings is 1. The zero-order chi connectivity index (χ0) is 13.8. The van der Waals surface area contributed by atoms with Gasteiger partial charge in [0.25, 0.3) is 0 Å². The Labute approximate surface area is 112 Å². The Hall–Kier alpha value is -1.59. The number of carboxylic acids is 1. The SMILES string of the molecule is COc1ccc(C[C@H]2NC[C@@H](O)[C@H]2CC(=O)O)cc1. The van der Waals surface area contributed by atoms with Crippen LogP contribution in [0.4, 0.5) is 0 Å². The quantitative estimate of drug-likeness (QED) is 0.729. The van der Waals surface area contributed by atoms with E-state index in [1.807, 2.05) is 24.3 Å². The van der Waals surface area contributed by atoms with E-state index in [-0.39, 0.29) is 18.4 Å². The highest BCUT2D eigenvalue weighted by Crippen LogP contribution is 2.24. The summed E-state index contributed by atoms with van der Waals surface area (Å²) in [4.78, 5) is 10.8. The average molecular weight is 265 g/mol. The molecule has 3 N–H and O–H groups in total. The van der Waals surface area contributed by atoms with Crippen molar-refractivity contribution in [1.29, 1.82) is 0 Å². The largest absolute Gasteiger partial charge is 0.497 e. The summed E-state index contributed by atoms with van der Waals surface area (Å²) in [5.74, 6) is -0.308. The molecular weight excluding hydrogens is 246 g/mol. The van der Waals surface area contributed by atoms with E-state index in [0.29, 0.717) is 13.0 Å². The molecule has 19 heavy (non-hydrogen) atoms. The maximum Gasteiger partial charge on any atom is 0.303 e. The smallest absolute Gasteiger partial charge is 0.303 e. The lowest BCUT2D eigenvalue weighted by Crippen LogP contribution is -2.32. The van der Waals surface area contributed by atoms with Gasteiger partial charge in [-0.25, -0.2) is 0 Å². The molecule has 0 bridgehead atoms. The molecule has 1 aromatic carbocycles. The molecule has 0 aliphatic carbocycles. The summed E-state index contributed by atoms with van der Waals surface area (Å²) in [6, 6.07) is 7.69. The Balaban J connectivity index is 2.02. The monoisotopic (exact) mass is 265 g/mol. The van der Waals surface area contributed by atoms with Crippen molar-refractivity contribution in [2.75, 3.05) is 13.7 Å². The first kappa shape index (κ1) is 13.8. The number of carboxylic acid groups (broad SMARTS) is 1. The molecule has 0 saturated carbocycles. The first-order chi connectivity index (χ1) is 9.10. The number of aliphatic carboxylic acids is 1. The van der Waals surface area contributed by atoms with Crippen LogP contribution in [0.1, 0.15) is 12.0 Å². The number of aliphatic hydroxyl groups is 1. The predicted molar refractivity (Wildman–Crippen MR) is 70.2 cm³/mol. The van der Waals surface area contributed by atoms with Gasteiger partial charge in [-0.1, -0.05) is 12.1 Å². The van der Waals surface area contributed by atoms with E-state index in [0.717, 1.165) is 11.3 Å². The van der Waals surface area contributed by atoms with Gasteiger partial charge < -0.3 is 20.3 Å². The minimum absolute atomic E-state index is 0.000468. The topological polar surface area (TPSA) is 78.8 Å². The third kappa shape index (κ3) is 3.45. The molecule has 0 amide bonds. The van der Waals surface area contributed by atoms with Gasteiger partial charge in [-0.3, -0.25) is 4.79 Å². The molecule has 104 valence electrons. The van der Waals surface area contributed by atoms with Gasteiger partial charge in [-0.2, -0.15) is 0 Å². The van der Waals surface area contributed by atoms with Crippen molar-refractivity contribution in [3.05, 3.63) is 29.8 Å². The molecule has 3 atom stereocenters. The van der Waals surface area contributed by atoms with E-state index in [2.05, 4.69) is 5.32 Å². The highest BCUT2D eigenvalue weighted by molar-refractivity contribution is 5.67. The molecule has 1 aromatic rings. The van der Waals surface area contributed by atoms with Crippen molar-refractivity contribution in [2.45, 2.75) is 25.0 Å². The fraction of sp³-hybridized carbons (Fsp3) is 0.500. The van der Waals surface area contributed by atoms with Crippen LogP contribution in [0.5, 0.6) is 5.75 Å². The third-order valence-electron chi connectivity index (χ3n) is 3.63. The number of carbonyl (C=O) groups is 1. The zero-order valence-corrected chi connectivity index (χ0v) is 10.9. The maximum atomic E-state index is 10.8. The van der Waals surface area contributed by atoms with Crippen LogP contribution < -0.4 is 10.1 Å². The van der Waals surface area contributed by atoms with Gasteiger partial charge in [-0.05, 0) is 24.1 Å². The van der Waals surface area contributed by atoms with E-state index < -0.39 is 12.1 Å². The Morgan fingerprint density at radius 3 is 2.68 bits per heavy atom. The molecule has 0 spiro atoms. The van der Waals surface area contributed by atoms with Crippen LogP contribution in [0.25, 0.3) is 0 Å². The summed E-state index contributed by atoms with van der Waals surface area (Å²) >= 11 is 0. The van der Waals surface area contributed by atoms with Gasteiger partial charge in [0.1, 0.15) is 5.75 Å². The Kier molecular flexibility index (Phi) is 4.39. The van der Waals surface area contributed by atoms with Crippen molar-refractivity contribution in [2.24, 2.45) is 5.92 Å². The third-order valence-corrected chi connectivity index (χ3v) is 3.63. The molecule has 5 heteroatoms. The standard InChI is InChI=1S/C14H19NO4/c1-19-10-4-2-9(3-5-10)6-12-11(7-14(17)18)13(16)8-15-12/h2-5,11-13,15-16H,6-8H2,1H3,(H,17,18)/t11-,12+,13+/m0/s1. The van der Waals surface area contributed by atoms with Crippen LogP contribution in [0.15, 0.2) is 24.3 Å². The highest BCUT2D eigenvalue weighted by Gasteiger charge is 2.35. The fourth-order valence-corrected chi connectivity index (χ4v) is 2.56. The Bertz CT molecular complexity index is 432. The second kappa shape index (κ2) is 6.04. The number of methoxy groups -OCH3 is 1. The predicted octanol–water partition coefficient (Wildman–Crippen LogP) is 0.661. The normalized spacial score (nSPS) is 26.3. The number of β-amino-alcohol motifs (C(OH)–C–C–N with tert-alkyl or cyclic N) is 1. The summed E-state index contributed by atoms with van der Waals surface area (Å²) in [6.07, 6.45) is 0.118. The average Bonchev–Trinajstić information content (AvgIpc) is 2.72. The maximum absolute atomic E-state index is 10.8. The van der Waals surface area contributed by atoms with Crippen LogP contribution in [0, 0.1) is 5.92 Å². The van der Waals surface area contributed by atoms with Gasteiger partial charge in [0.15, 0.2) is 0 Å². The number of rotatable bonds is 5. The van der Waals surface area contributed by atoms with Crippen LogP contribution >= 0.6 is 0 Å². The second-order valence-electron chi connectivity index (χ2n) is 4.90. The summed E-state index contributed by atoms with van der Waals surface area (Å²) < 4.78 is 5.10. The van der Waals surface area contributed by atoms with E-state index in [4.69, 9.17) is 9.84 Å². The van der Waals surface area contributed by atoms with Crippen molar-refractivity contribution < 1.29 is 19.7 Å². The van der Waals surface area contributed by atoms with E-state index in [1.165, 1.54) is 0 Å². The minimum Gasteiger partial charge on any atom is -0.497 e. The van der Waals surface area contributed by atoms with Crippen LogP contribution in [0.3, 0.4) is 0 Å². The molecule has 1 heterocycles. The lowest BCUT2D eigenvalue weighted by atomic mass is 9.90. The van der Waals surface area contributed by atoms with E-state index >= 15 is 0 Å². The van der Waals surface area contributed by atoms with Crippen molar-refractivity contribution in [3.63, 3.8) is 0 Å². The number of hydrogen-bond donors (Lipinski definition) is 3. The molecule has 1 aliphatic heterocycles. The van der Waals surface area contributed by atoms with Crippen LogP contribution in [0.2, 0.25) is 0 Å². The van der Waals surface area contributed by atoms with Crippen LogP contribution in [-0.2, 0) is 11.2 Å². The summed E-state index contributed by atoms with van der Waals surface area (Å²) in [7, 11) is 1.62. The van der Waals surface area contributed by atoms with Gasteiger partial charge in [0.2, 0.25) is 0 Å². The lowest BCUT2D eigenvalue weighted by molar-refractivity contribution is -0.139. The molecule has 2 rings (SSSR count). The van der Waals surface area contributed by atoms with Gasteiger partial charge in [0.05, 0.1) is 19.6 Å². The highest BCUT2D eigenvalue weighted by atomic mass is 16.5. The van der Waals surface area contributed by atoms with Crippen LogP contribution in [-0.4, -0.2) is 42.0 Å². The van der Waals surface area contributed by atoms with Gasteiger partial charge >= 0.3 is 5.97 Å². The molecule has 5 nitrogen and oxygen atoms in total. The lowest BCUT2D eigenvalue weighted by Gasteiger charge is -2.20. The number of hydrogen-bond acceptors (Lipinski definition) is 4. The van der Waals surface area contributed by atoms with Crippen molar-refractivity contribution in [3.8, 4) is 5.75 Å². The van der Waals surface area contributed by atoms with Crippen molar-refractivity contribution >= 4 is 5.97 Å². The Morgan fingerprint density at radius 1 is 1.42 bits per heavy atom. The molecule has 1 saturated heterocycles.